The smallest absolute Gasteiger partial charge is 0.329 e. The van der Waals surface area contributed by atoms with Crippen molar-refractivity contribution in [3.05, 3.63) is 0 Å². The van der Waals surface area contributed by atoms with Crippen molar-refractivity contribution in [3.8, 4) is 0 Å². The lowest BCUT2D eigenvalue weighted by molar-refractivity contribution is -0.153. The summed E-state index contributed by atoms with van der Waals surface area (Å²) in [7, 11) is 1.47. The molecule has 84 valence electrons. The van der Waals surface area contributed by atoms with E-state index in [1.54, 1.807) is 6.92 Å². The Morgan fingerprint density at radius 2 is 2.07 bits per heavy atom. The van der Waals surface area contributed by atoms with Gasteiger partial charge in [-0.3, -0.25) is 4.79 Å². The van der Waals surface area contributed by atoms with E-state index in [9.17, 15) is 14.4 Å². The minimum absolute atomic E-state index is 0.0539. The third-order valence-electron chi connectivity index (χ3n) is 2.78. The minimum atomic E-state index is -1.45. The average Bonchev–Trinajstić information content (AvgIpc) is 2.40. The Labute approximate surface area is 87.5 Å². The highest BCUT2D eigenvalue weighted by atomic mass is 16.4. The van der Waals surface area contributed by atoms with E-state index in [-0.39, 0.29) is 13.0 Å². The van der Waals surface area contributed by atoms with Gasteiger partial charge < -0.3 is 10.0 Å². The van der Waals surface area contributed by atoms with Crippen LogP contribution >= 0.6 is 0 Å². The highest BCUT2D eigenvalue weighted by Crippen LogP contribution is 2.25. The van der Waals surface area contributed by atoms with Gasteiger partial charge in [-0.2, -0.15) is 0 Å². The summed E-state index contributed by atoms with van der Waals surface area (Å²) in [6, 6.07) is -0.549. The SMILES string of the molecule is CCC(C)(C(=O)O)N1C(=O)CN(C)C1=O. The van der Waals surface area contributed by atoms with Crippen LogP contribution in [0.3, 0.4) is 0 Å². The molecule has 1 saturated heterocycles. The second-order valence-corrected chi connectivity index (χ2v) is 3.80. The first-order valence-electron chi connectivity index (χ1n) is 4.66. The Kier molecular flexibility index (Phi) is 2.70. The Morgan fingerprint density at radius 3 is 2.33 bits per heavy atom. The zero-order valence-electron chi connectivity index (χ0n) is 8.98. The van der Waals surface area contributed by atoms with Gasteiger partial charge in [-0.1, -0.05) is 6.92 Å². The Morgan fingerprint density at radius 1 is 1.53 bits per heavy atom. The molecule has 1 aliphatic heterocycles. The first kappa shape index (κ1) is 11.5. The minimum Gasteiger partial charge on any atom is -0.479 e. The van der Waals surface area contributed by atoms with Gasteiger partial charge >= 0.3 is 12.0 Å². The van der Waals surface area contributed by atoms with Gasteiger partial charge in [-0.15, -0.1) is 0 Å². The number of carboxylic acids is 1. The molecule has 0 aromatic carbocycles. The van der Waals surface area contributed by atoms with Gasteiger partial charge in [0.1, 0.15) is 12.1 Å². The first-order valence-corrected chi connectivity index (χ1v) is 4.66. The molecule has 15 heavy (non-hydrogen) atoms. The molecule has 1 N–H and O–H groups in total. The number of aliphatic carboxylic acids is 1. The molecule has 1 atom stereocenters. The van der Waals surface area contributed by atoms with Crippen molar-refractivity contribution in [2.45, 2.75) is 25.8 Å². The first-order chi connectivity index (χ1) is 6.84. The topological polar surface area (TPSA) is 77.9 Å². The van der Waals surface area contributed by atoms with E-state index < -0.39 is 23.4 Å². The molecule has 0 bridgehead atoms. The van der Waals surface area contributed by atoms with E-state index in [2.05, 4.69) is 0 Å². The molecule has 0 saturated carbocycles. The normalized spacial score (nSPS) is 20.7. The van der Waals surface area contributed by atoms with E-state index >= 15 is 0 Å². The molecule has 3 amide bonds. The van der Waals surface area contributed by atoms with E-state index in [1.165, 1.54) is 18.9 Å². The number of carboxylic acid groups (broad SMARTS) is 1. The summed E-state index contributed by atoms with van der Waals surface area (Å²) in [4.78, 5) is 36.2. The third kappa shape index (κ3) is 1.55. The lowest BCUT2D eigenvalue weighted by Crippen LogP contribution is -2.55. The van der Waals surface area contributed by atoms with Crippen molar-refractivity contribution < 1.29 is 19.5 Å². The van der Waals surface area contributed by atoms with Crippen molar-refractivity contribution in [1.82, 2.24) is 9.80 Å². The monoisotopic (exact) mass is 214 g/mol. The van der Waals surface area contributed by atoms with Crippen molar-refractivity contribution in [1.29, 1.82) is 0 Å². The lowest BCUT2D eigenvalue weighted by atomic mass is 9.97. The predicted octanol–water partition coefficient (Wildman–Crippen LogP) is 0.134. The number of amides is 3. The maximum absolute atomic E-state index is 11.6. The molecule has 1 aliphatic rings. The van der Waals surface area contributed by atoms with E-state index in [1.807, 2.05) is 0 Å². The summed E-state index contributed by atoms with van der Waals surface area (Å²) >= 11 is 0. The number of nitrogens with zero attached hydrogens (tertiary/aromatic N) is 2. The van der Waals surface area contributed by atoms with Crippen LogP contribution in [0.15, 0.2) is 0 Å². The van der Waals surface area contributed by atoms with Crippen molar-refractivity contribution in [3.63, 3.8) is 0 Å². The van der Waals surface area contributed by atoms with E-state index in [0.29, 0.717) is 0 Å². The third-order valence-corrected chi connectivity index (χ3v) is 2.78. The van der Waals surface area contributed by atoms with Gasteiger partial charge in [-0.25, -0.2) is 14.5 Å². The summed E-state index contributed by atoms with van der Waals surface area (Å²) in [5.41, 5.74) is -1.45. The summed E-state index contributed by atoms with van der Waals surface area (Å²) < 4.78 is 0. The zero-order valence-corrected chi connectivity index (χ0v) is 8.98. The van der Waals surface area contributed by atoms with Crippen LogP contribution in [0, 0.1) is 0 Å². The number of rotatable bonds is 3. The van der Waals surface area contributed by atoms with Crippen molar-refractivity contribution >= 4 is 17.9 Å². The molecule has 1 unspecified atom stereocenters. The average molecular weight is 214 g/mol. The summed E-state index contributed by atoms with van der Waals surface area (Å²) in [5, 5.41) is 9.05. The molecule has 1 rings (SSSR count). The van der Waals surface area contributed by atoms with Gasteiger partial charge in [-0.05, 0) is 13.3 Å². The lowest BCUT2D eigenvalue weighted by Gasteiger charge is -2.31. The van der Waals surface area contributed by atoms with Gasteiger partial charge in [0, 0.05) is 7.05 Å². The number of likely N-dealkylation sites (N-methyl/N-ethyl adjacent to an activating group) is 1. The Hall–Kier alpha value is -1.59. The van der Waals surface area contributed by atoms with Crippen LogP contribution in [0.25, 0.3) is 0 Å². The highest BCUT2D eigenvalue weighted by molar-refractivity contribution is 6.06. The predicted molar refractivity (Wildman–Crippen MR) is 51.2 cm³/mol. The van der Waals surface area contributed by atoms with Crippen LogP contribution in [0.5, 0.6) is 0 Å². The standard InChI is InChI=1S/C9H14N2O4/c1-4-9(2,7(13)14)11-6(12)5-10(3)8(11)15/h4-5H2,1-3H3,(H,13,14). The van der Waals surface area contributed by atoms with Crippen LogP contribution in [0.1, 0.15) is 20.3 Å². The number of imide groups is 1. The fraction of sp³-hybridized carbons (Fsp3) is 0.667. The molecular formula is C9H14N2O4. The van der Waals surface area contributed by atoms with Crippen LogP contribution < -0.4 is 0 Å². The van der Waals surface area contributed by atoms with Gasteiger partial charge in [0.15, 0.2) is 0 Å². The van der Waals surface area contributed by atoms with Crippen molar-refractivity contribution in [2.24, 2.45) is 0 Å². The molecular weight excluding hydrogens is 200 g/mol. The van der Waals surface area contributed by atoms with Crippen LogP contribution in [-0.4, -0.2) is 51.9 Å². The summed E-state index contributed by atoms with van der Waals surface area (Å²) in [6.45, 7) is 2.96. The fourth-order valence-electron chi connectivity index (χ4n) is 1.51. The molecule has 0 aromatic rings. The van der Waals surface area contributed by atoms with E-state index in [4.69, 9.17) is 5.11 Å². The summed E-state index contributed by atoms with van der Waals surface area (Å²) in [5.74, 6) is -1.63. The highest BCUT2D eigenvalue weighted by Gasteiger charge is 2.49. The molecule has 0 aliphatic carbocycles. The molecule has 6 heteroatoms. The number of urea groups is 1. The van der Waals surface area contributed by atoms with Gasteiger partial charge in [0.05, 0.1) is 0 Å². The second kappa shape index (κ2) is 3.52. The van der Waals surface area contributed by atoms with Crippen LogP contribution in [-0.2, 0) is 9.59 Å². The maximum atomic E-state index is 11.6. The van der Waals surface area contributed by atoms with Gasteiger partial charge in [0.2, 0.25) is 0 Å². The molecule has 1 fully saturated rings. The number of hydrogen-bond acceptors (Lipinski definition) is 3. The number of hydrogen-bond donors (Lipinski definition) is 1. The van der Waals surface area contributed by atoms with Gasteiger partial charge in [0.25, 0.3) is 5.91 Å². The van der Waals surface area contributed by atoms with E-state index in [0.717, 1.165) is 4.90 Å². The molecule has 6 nitrogen and oxygen atoms in total. The fourth-order valence-corrected chi connectivity index (χ4v) is 1.51. The van der Waals surface area contributed by atoms with Crippen LogP contribution in [0.2, 0.25) is 0 Å². The molecule has 1 heterocycles. The number of carbonyl (C=O) groups excluding carboxylic acids is 2. The zero-order chi connectivity index (χ0) is 11.8. The van der Waals surface area contributed by atoms with Crippen LogP contribution in [0.4, 0.5) is 4.79 Å². The quantitative estimate of drug-likeness (QED) is 0.677. The second-order valence-electron chi connectivity index (χ2n) is 3.80. The summed E-state index contributed by atoms with van der Waals surface area (Å²) in [6.07, 6.45) is 0.188. The largest absolute Gasteiger partial charge is 0.479 e. The maximum Gasteiger partial charge on any atom is 0.329 e. The Bertz CT molecular complexity index is 328. The molecule has 0 aromatic heterocycles. The Balaban J connectivity index is 3.10. The molecule has 0 spiro atoms. The van der Waals surface area contributed by atoms with Crippen molar-refractivity contribution in [2.75, 3.05) is 13.6 Å². The number of carbonyl (C=O) groups is 3. The molecule has 0 radical (unpaired) electrons.